The number of hydrogen-bond acceptors (Lipinski definition) is 7. The average molecular weight is 486 g/mol. The van der Waals surface area contributed by atoms with Gasteiger partial charge in [0.05, 0.1) is 16.6 Å². The van der Waals surface area contributed by atoms with E-state index in [1.807, 2.05) is 12.1 Å². The van der Waals surface area contributed by atoms with E-state index in [0.29, 0.717) is 28.4 Å². The van der Waals surface area contributed by atoms with Gasteiger partial charge in [0.2, 0.25) is 17.8 Å². The van der Waals surface area contributed by atoms with E-state index < -0.39 is 11.9 Å². The molecule has 3 fully saturated rings. The van der Waals surface area contributed by atoms with Gasteiger partial charge < -0.3 is 10.2 Å². The molecule has 0 bridgehead atoms. The van der Waals surface area contributed by atoms with Crippen molar-refractivity contribution in [1.82, 2.24) is 29.7 Å². The molecule has 1 unspecified atom stereocenters. The van der Waals surface area contributed by atoms with E-state index in [2.05, 4.69) is 37.3 Å². The maximum atomic E-state index is 12.9. The number of rotatable bonds is 2. The second-order valence-corrected chi connectivity index (χ2v) is 10.0. The van der Waals surface area contributed by atoms with Gasteiger partial charge in [0.25, 0.3) is 0 Å². The van der Waals surface area contributed by atoms with Crippen molar-refractivity contribution in [3.63, 3.8) is 0 Å². The summed E-state index contributed by atoms with van der Waals surface area (Å²) in [5, 5.41) is 5.82. The predicted octanol–water partition coefficient (Wildman–Crippen LogP) is 0.697. The van der Waals surface area contributed by atoms with Crippen molar-refractivity contribution in [2.75, 3.05) is 31.1 Å². The Bertz CT molecular complexity index is 1480. The highest BCUT2D eigenvalue weighted by Gasteiger charge is 2.44. The number of aromatic nitrogens is 4. The zero-order valence-electron chi connectivity index (χ0n) is 20.1. The first-order valence-corrected chi connectivity index (χ1v) is 12.3. The fourth-order valence-corrected chi connectivity index (χ4v) is 5.57. The fraction of sp³-hybridized carbons (Fsp3) is 0.423. The number of nitrogens with one attached hydrogen (secondary N) is 2. The van der Waals surface area contributed by atoms with Crippen molar-refractivity contribution in [1.29, 1.82) is 0 Å². The van der Waals surface area contributed by atoms with Gasteiger partial charge in [-0.25, -0.2) is 14.8 Å². The van der Waals surface area contributed by atoms with E-state index in [9.17, 15) is 14.4 Å². The molecule has 184 valence electrons. The molecule has 0 saturated carbocycles. The van der Waals surface area contributed by atoms with Crippen molar-refractivity contribution in [3.8, 4) is 11.8 Å². The van der Waals surface area contributed by atoms with E-state index >= 15 is 0 Å². The summed E-state index contributed by atoms with van der Waals surface area (Å²) in [5.41, 5.74) is 2.82. The van der Waals surface area contributed by atoms with Gasteiger partial charge in [-0.3, -0.25) is 24.0 Å². The van der Waals surface area contributed by atoms with Gasteiger partial charge in [0.1, 0.15) is 6.04 Å². The summed E-state index contributed by atoms with van der Waals surface area (Å²) in [6, 6.07) is 4.75. The minimum Gasteiger partial charge on any atom is -0.339 e. The summed E-state index contributed by atoms with van der Waals surface area (Å²) < 4.78 is 2.97. The summed E-state index contributed by atoms with van der Waals surface area (Å²) in [7, 11) is 1.67. The number of nitrogens with zero attached hydrogens (tertiary/aromatic N) is 5. The molecule has 2 aromatic heterocycles. The standard InChI is InChI=1S/C26H27N7O3/c1-31-21-11-17(5-6-19(21)33(25(31)36)20-7-8-22(34)30-23(20)35)3-4-18-12-28-24(29-13-18)32-15-26(16-32)9-2-10-27-14-26/h5-6,11-13,20,27H,2,7-10,14-16H2,1H3,(H,30,34,35). The lowest BCUT2D eigenvalue weighted by Crippen LogP contribution is -2.62. The number of carbonyl (C=O) groups is 2. The van der Waals surface area contributed by atoms with Crippen LogP contribution < -0.4 is 21.2 Å². The maximum Gasteiger partial charge on any atom is 0.329 e. The largest absolute Gasteiger partial charge is 0.339 e. The molecule has 0 radical (unpaired) electrons. The van der Waals surface area contributed by atoms with Crippen LogP contribution in [0, 0.1) is 17.3 Å². The molecule has 2 N–H and O–H groups in total. The number of benzene rings is 1. The number of imidazole rings is 1. The molecule has 3 aromatic rings. The van der Waals surface area contributed by atoms with Crippen molar-refractivity contribution in [2.45, 2.75) is 31.7 Å². The summed E-state index contributed by atoms with van der Waals surface area (Å²) in [5.74, 6) is 6.21. The summed E-state index contributed by atoms with van der Waals surface area (Å²) in [4.78, 5) is 48.0. The molecule has 10 heteroatoms. The van der Waals surface area contributed by atoms with Crippen molar-refractivity contribution < 1.29 is 9.59 Å². The molecular weight excluding hydrogens is 458 g/mol. The van der Waals surface area contributed by atoms with Crippen LogP contribution in [0.25, 0.3) is 11.0 Å². The van der Waals surface area contributed by atoms with Crippen molar-refractivity contribution >= 4 is 28.8 Å². The molecule has 6 rings (SSSR count). The van der Waals surface area contributed by atoms with E-state index in [-0.39, 0.29) is 18.0 Å². The molecule has 3 aliphatic rings. The molecule has 1 spiro atoms. The van der Waals surface area contributed by atoms with Gasteiger partial charge in [-0.1, -0.05) is 11.8 Å². The Balaban J connectivity index is 1.20. The predicted molar refractivity (Wildman–Crippen MR) is 133 cm³/mol. The Hall–Kier alpha value is -3.97. The Labute approximate surface area is 207 Å². The normalized spacial score (nSPS) is 21.1. The minimum absolute atomic E-state index is 0.208. The Morgan fingerprint density at radius 3 is 2.56 bits per heavy atom. The molecule has 5 heterocycles. The van der Waals surface area contributed by atoms with Crippen LogP contribution in [-0.4, -0.2) is 57.1 Å². The third kappa shape index (κ3) is 3.85. The van der Waals surface area contributed by atoms with Crippen LogP contribution in [0.3, 0.4) is 0 Å². The van der Waals surface area contributed by atoms with Crippen LogP contribution in [0.1, 0.15) is 42.9 Å². The van der Waals surface area contributed by atoms with E-state index in [1.165, 1.54) is 22.0 Å². The molecule has 3 saturated heterocycles. The lowest BCUT2D eigenvalue weighted by molar-refractivity contribution is -0.135. The number of aryl methyl sites for hydroxylation is 1. The second kappa shape index (κ2) is 8.60. The average Bonchev–Trinajstić information content (AvgIpc) is 3.11. The molecule has 1 aromatic carbocycles. The summed E-state index contributed by atoms with van der Waals surface area (Å²) in [6.07, 6.45) is 6.48. The number of imide groups is 1. The first-order valence-electron chi connectivity index (χ1n) is 12.3. The topological polar surface area (TPSA) is 114 Å². The highest BCUT2D eigenvalue weighted by atomic mass is 16.2. The number of carbonyl (C=O) groups excluding carboxylic acids is 2. The van der Waals surface area contributed by atoms with Crippen LogP contribution in [0.5, 0.6) is 0 Å². The highest BCUT2D eigenvalue weighted by Crippen LogP contribution is 2.37. The molecule has 36 heavy (non-hydrogen) atoms. The molecule has 10 nitrogen and oxygen atoms in total. The smallest absolute Gasteiger partial charge is 0.329 e. The molecule has 2 amide bonds. The number of hydrogen-bond donors (Lipinski definition) is 2. The number of anilines is 1. The van der Waals surface area contributed by atoms with Gasteiger partial charge in [0.15, 0.2) is 0 Å². The highest BCUT2D eigenvalue weighted by molar-refractivity contribution is 6.00. The third-order valence-corrected chi connectivity index (χ3v) is 7.50. The Kier molecular flexibility index (Phi) is 5.38. The van der Waals surface area contributed by atoms with Gasteiger partial charge >= 0.3 is 5.69 Å². The SMILES string of the molecule is Cn1c(=O)n(C2CCC(=O)NC2=O)c2ccc(C#Cc3cnc(N4CC5(CCCNC5)C4)nc3)cc21. The lowest BCUT2D eigenvalue weighted by atomic mass is 9.74. The fourth-order valence-electron chi connectivity index (χ4n) is 5.57. The van der Waals surface area contributed by atoms with Crippen LogP contribution in [0.15, 0.2) is 35.4 Å². The van der Waals surface area contributed by atoms with Crippen LogP contribution in [0.2, 0.25) is 0 Å². The van der Waals surface area contributed by atoms with Crippen LogP contribution in [0.4, 0.5) is 5.95 Å². The third-order valence-electron chi connectivity index (χ3n) is 7.50. The van der Waals surface area contributed by atoms with Gasteiger partial charge in [-0.05, 0) is 44.0 Å². The van der Waals surface area contributed by atoms with Crippen molar-refractivity contribution in [3.05, 3.63) is 52.2 Å². The lowest BCUT2D eigenvalue weighted by Gasteiger charge is -2.52. The zero-order valence-corrected chi connectivity index (χ0v) is 20.1. The maximum absolute atomic E-state index is 12.9. The van der Waals surface area contributed by atoms with E-state index in [4.69, 9.17) is 0 Å². The van der Waals surface area contributed by atoms with E-state index in [0.717, 1.165) is 37.7 Å². The summed E-state index contributed by atoms with van der Waals surface area (Å²) >= 11 is 0. The van der Waals surface area contributed by atoms with Crippen molar-refractivity contribution in [2.24, 2.45) is 12.5 Å². The Morgan fingerprint density at radius 1 is 1.06 bits per heavy atom. The Morgan fingerprint density at radius 2 is 1.83 bits per heavy atom. The first kappa shape index (κ1) is 22.5. The summed E-state index contributed by atoms with van der Waals surface area (Å²) in [6.45, 7) is 4.16. The molecular formula is C26H27N7O3. The molecule has 3 aliphatic heterocycles. The quantitative estimate of drug-likeness (QED) is 0.406. The zero-order chi connectivity index (χ0) is 24.9. The monoisotopic (exact) mass is 485 g/mol. The molecule has 1 atom stereocenters. The van der Waals surface area contributed by atoms with Gasteiger partial charge in [-0.2, -0.15) is 0 Å². The molecule has 0 aliphatic carbocycles. The van der Waals surface area contributed by atoms with Crippen LogP contribution >= 0.6 is 0 Å². The van der Waals surface area contributed by atoms with Crippen LogP contribution in [-0.2, 0) is 16.6 Å². The second-order valence-electron chi connectivity index (χ2n) is 10.0. The number of amides is 2. The first-order chi connectivity index (χ1) is 17.4. The minimum atomic E-state index is -0.706. The number of fused-ring (bicyclic) bond motifs is 1. The van der Waals surface area contributed by atoms with E-state index in [1.54, 1.807) is 25.5 Å². The van der Waals surface area contributed by atoms with Gasteiger partial charge in [-0.15, -0.1) is 0 Å². The van der Waals surface area contributed by atoms with Gasteiger partial charge in [0, 0.05) is 56.5 Å². The number of piperidine rings is 2.